The summed E-state index contributed by atoms with van der Waals surface area (Å²) in [5.74, 6) is 1.72. The van der Waals surface area contributed by atoms with Crippen molar-refractivity contribution in [3.8, 4) is 11.5 Å². The maximum atomic E-state index is 5.62. The Labute approximate surface area is 257 Å². The fraction of sp³-hybridized carbons (Fsp3) is 0.150. The van der Waals surface area contributed by atoms with Crippen LogP contribution in [-0.2, 0) is 0 Å². The SMILES string of the molecule is COc1ccc(C2=C(c3ccccc3)C(c3ccccc3)=C(c3ccc(OC)cc3)[Si]2(c2ccccc2)C(C)(C)C)cc1. The Kier molecular flexibility index (Phi) is 7.68. The van der Waals surface area contributed by atoms with E-state index in [4.69, 9.17) is 9.47 Å². The molecular formula is C40H38O2Si. The lowest BCUT2D eigenvalue weighted by Gasteiger charge is -2.45. The van der Waals surface area contributed by atoms with E-state index in [1.807, 2.05) is 0 Å². The zero-order valence-electron chi connectivity index (χ0n) is 25.6. The second-order valence-corrected chi connectivity index (χ2v) is 16.6. The van der Waals surface area contributed by atoms with Gasteiger partial charge in [0.1, 0.15) is 11.5 Å². The summed E-state index contributed by atoms with van der Waals surface area (Å²) in [6, 6.07) is 50.6. The van der Waals surface area contributed by atoms with Crippen molar-refractivity contribution in [3.05, 3.63) is 162 Å². The number of benzene rings is 5. The van der Waals surface area contributed by atoms with Gasteiger partial charge in [-0.1, -0.05) is 136 Å². The summed E-state index contributed by atoms with van der Waals surface area (Å²) in [6.07, 6.45) is 0. The third-order valence-corrected chi connectivity index (χ3v) is 14.7. The molecule has 214 valence electrons. The Morgan fingerprint density at radius 3 is 1.09 bits per heavy atom. The maximum Gasteiger partial charge on any atom is 0.156 e. The fourth-order valence-corrected chi connectivity index (χ4v) is 13.3. The molecule has 0 atom stereocenters. The van der Waals surface area contributed by atoms with Crippen LogP contribution in [0.4, 0.5) is 0 Å². The Hall–Kier alpha value is -4.60. The third kappa shape index (κ3) is 4.84. The van der Waals surface area contributed by atoms with Crippen molar-refractivity contribution in [1.29, 1.82) is 0 Å². The first-order valence-corrected chi connectivity index (χ1v) is 16.8. The zero-order valence-corrected chi connectivity index (χ0v) is 26.6. The van der Waals surface area contributed by atoms with Gasteiger partial charge in [-0.3, -0.25) is 0 Å². The minimum atomic E-state index is -2.82. The summed E-state index contributed by atoms with van der Waals surface area (Å²) in [4.78, 5) is 0. The van der Waals surface area contributed by atoms with Crippen LogP contribution in [0.1, 0.15) is 43.0 Å². The Morgan fingerprint density at radius 2 is 0.767 bits per heavy atom. The van der Waals surface area contributed by atoms with Crippen LogP contribution >= 0.6 is 0 Å². The lowest BCUT2D eigenvalue weighted by atomic mass is 9.89. The molecule has 1 aliphatic heterocycles. The Balaban J connectivity index is 1.87. The summed E-state index contributed by atoms with van der Waals surface area (Å²) >= 11 is 0. The first-order valence-electron chi connectivity index (χ1n) is 14.8. The summed E-state index contributed by atoms with van der Waals surface area (Å²) in [6.45, 7) is 7.32. The van der Waals surface area contributed by atoms with Crippen molar-refractivity contribution >= 4 is 34.8 Å². The summed E-state index contributed by atoms with van der Waals surface area (Å²) in [7, 11) is 0.641. The smallest absolute Gasteiger partial charge is 0.156 e. The predicted octanol–water partition coefficient (Wildman–Crippen LogP) is 9.47. The molecule has 0 spiro atoms. The predicted molar refractivity (Wildman–Crippen MR) is 184 cm³/mol. The van der Waals surface area contributed by atoms with Crippen LogP contribution in [0.15, 0.2) is 140 Å². The average Bonchev–Trinajstić information content (AvgIpc) is 3.39. The van der Waals surface area contributed by atoms with Gasteiger partial charge in [-0.15, -0.1) is 0 Å². The number of methoxy groups -OCH3 is 2. The van der Waals surface area contributed by atoms with E-state index < -0.39 is 8.07 Å². The molecule has 5 aromatic carbocycles. The van der Waals surface area contributed by atoms with Gasteiger partial charge in [0.05, 0.1) is 14.2 Å². The van der Waals surface area contributed by atoms with Gasteiger partial charge in [-0.05, 0) is 78.3 Å². The number of rotatable bonds is 7. The highest BCUT2D eigenvalue weighted by atomic mass is 28.3. The molecule has 43 heavy (non-hydrogen) atoms. The molecular weight excluding hydrogens is 541 g/mol. The van der Waals surface area contributed by atoms with Crippen molar-refractivity contribution in [2.45, 2.75) is 25.8 Å². The second-order valence-electron chi connectivity index (χ2n) is 12.1. The van der Waals surface area contributed by atoms with E-state index in [0.717, 1.165) is 11.5 Å². The van der Waals surface area contributed by atoms with Crippen LogP contribution in [-0.4, -0.2) is 22.3 Å². The highest BCUT2D eigenvalue weighted by molar-refractivity contribution is 7.23. The number of allylic oxidation sites excluding steroid dienone is 2. The van der Waals surface area contributed by atoms with Crippen molar-refractivity contribution in [2.75, 3.05) is 14.2 Å². The molecule has 0 bridgehead atoms. The normalized spacial score (nSPS) is 14.6. The highest BCUT2D eigenvalue weighted by Crippen LogP contribution is 2.62. The van der Waals surface area contributed by atoms with E-state index in [0.29, 0.717) is 0 Å². The molecule has 0 amide bonds. The van der Waals surface area contributed by atoms with Crippen LogP contribution in [0.25, 0.3) is 21.5 Å². The van der Waals surface area contributed by atoms with E-state index in [2.05, 4.69) is 160 Å². The molecule has 0 unspecified atom stereocenters. The van der Waals surface area contributed by atoms with Gasteiger partial charge >= 0.3 is 0 Å². The lowest BCUT2D eigenvalue weighted by molar-refractivity contribution is 0.414. The van der Waals surface area contributed by atoms with Crippen LogP contribution < -0.4 is 14.7 Å². The molecule has 0 N–H and O–H groups in total. The Bertz CT molecular complexity index is 1650. The van der Waals surface area contributed by atoms with E-state index in [1.54, 1.807) is 14.2 Å². The topological polar surface area (TPSA) is 18.5 Å². The molecule has 0 saturated carbocycles. The van der Waals surface area contributed by atoms with Crippen LogP contribution in [0.3, 0.4) is 0 Å². The average molecular weight is 579 g/mol. The van der Waals surface area contributed by atoms with Gasteiger partial charge in [-0.25, -0.2) is 0 Å². The minimum Gasteiger partial charge on any atom is -0.497 e. The lowest BCUT2D eigenvalue weighted by Crippen LogP contribution is -2.56. The third-order valence-electron chi connectivity index (χ3n) is 8.71. The molecule has 0 aliphatic carbocycles. The largest absolute Gasteiger partial charge is 0.497 e. The molecule has 0 aromatic heterocycles. The van der Waals surface area contributed by atoms with E-state index >= 15 is 0 Å². The van der Waals surface area contributed by atoms with Crippen LogP contribution in [0.5, 0.6) is 11.5 Å². The van der Waals surface area contributed by atoms with Gasteiger partial charge in [0, 0.05) is 0 Å². The highest BCUT2D eigenvalue weighted by Gasteiger charge is 2.58. The summed E-state index contributed by atoms with van der Waals surface area (Å²) < 4.78 is 11.2. The molecule has 0 radical (unpaired) electrons. The van der Waals surface area contributed by atoms with E-state index in [1.165, 1.54) is 49.0 Å². The van der Waals surface area contributed by atoms with Crippen LogP contribution in [0.2, 0.25) is 5.04 Å². The van der Waals surface area contributed by atoms with E-state index in [9.17, 15) is 0 Å². The van der Waals surface area contributed by atoms with Crippen molar-refractivity contribution in [3.63, 3.8) is 0 Å². The van der Waals surface area contributed by atoms with Crippen LogP contribution in [0, 0.1) is 0 Å². The molecule has 1 aliphatic rings. The first kappa shape index (κ1) is 28.5. The monoisotopic (exact) mass is 578 g/mol. The molecule has 5 aromatic rings. The number of hydrogen-bond acceptors (Lipinski definition) is 2. The van der Waals surface area contributed by atoms with E-state index in [-0.39, 0.29) is 5.04 Å². The van der Waals surface area contributed by atoms with Crippen molar-refractivity contribution < 1.29 is 9.47 Å². The maximum absolute atomic E-state index is 5.62. The molecule has 0 fully saturated rings. The minimum absolute atomic E-state index is 0.102. The van der Waals surface area contributed by atoms with Crippen molar-refractivity contribution in [1.82, 2.24) is 0 Å². The summed E-state index contributed by atoms with van der Waals surface area (Å²) in [5, 5.41) is 4.17. The van der Waals surface area contributed by atoms with Crippen molar-refractivity contribution in [2.24, 2.45) is 0 Å². The molecule has 1 heterocycles. The first-order chi connectivity index (χ1) is 20.9. The molecule has 0 saturated heterocycles. The van der Waals surface area contributed by atoms with Gasteiger partial charge < -0.3 is 9.47 Å². The molecule has 3 heteroatoms. The zero-order chi connectivity index (χ0) is 30.0. The number of hydrogen-bond donors (Lipinski definition) is 0. The Morgan fingerprint density at radius 1 is 0.419 bits per heavy atom. The molecule has 6 rings (SSSR count). The quantitative estimate of drug-likeness (QED) is 0.179. The van der Waals surface area contributed by atoms with Gasteiger partial charge in [0.2, 0.25) is 0 Å². The van der Waals surface area contributed by atoms with Gasteiger partial charge in [0.25, 0.3) is 0 Å². The van der Waals surface area contributed by atoms with Gasteiger partial charge in [-0.2, -0.15) is 0 Å². The second kappa shape index (κ2) is 11.6. The fourth-order valence-electron chi connectivity index (χ4n) is 6.93. The molecule has 2 nitrogen and oxygen atoms in total. The standard InChI is InChI=1S/C40H38O2Si/c1-40(2,3)43(35-19-13-8-14-20-35)38(31-21-25-33(41-4)26-22-31)36(29-15-9-6-10-16-29)37(30-17-11-7-12-18-30)39(43)32-23-27-34(42-5)28-24-32/h6-28H,1-5H3. The summed E-state index contributed by atoms with van der Waals surface area (Å²) in [5.41, 5.74) is 7.56. The number of ether oxygens (including phenoxy) is 2. The van der Waals surface area contributed by atoms with Gasteiger partial charge in [0.15, 0.2) is 8.07 Å².